The summed E-state index contributed by atoms with van der Waals surface area (Å²) in [6, 6.07) is 5.94. The Kier molecular flexibility index (Phi) is 1.92. The first-order valence-corrected chi connectivity index (χ1v) is 4.66. The number of rotatable bonds is 0. The Labute approximate surface area is 84.1 Å². The molecule has 0 aliphatic rings. The Morgan fingerprint density at radius 3 is 2.85 bits per heavy atom. The second-order valence-electron chi connectivity index (χ2n) is 2.84. The molecule has 3 nitrogen and oxygen atoms in total. The van der Waals surface area contributed by atoms with Crippen molar-refractivity contribution in [2.75, 3.05) is 5.73 Å². The Morgan fingerprint density at radius 1 is 1.31 bits per heavy atom. The molecule has 2 rings (SSSR count). The third-order valence-electron chi connectivity index (χ3n) is 1.90. The summed E-state index contributed by atoms with van der Waals surface area (Å²) in [6.45, 7) is 2.00. The maximum absolute atomic E-state index is 5.54. The molecule has 0 aliphatic carbocycles. The van der Waals surface area contributed by atoms with Crippen LogP contribution in [0.3, 0.4) is 0 Å². The number of fused-ring (bicyclic) bond motifs is 1. The largest absolute Gasteiger partial charge is 0.368 e. The second-order valence-corrected chi connectivity index (χ2v) is 3.59. The van der Waals surface area contributed by atoms with Gasteiger partial charge in [0.05, 0.1) is 5.52 Å². The Balaban J connectivity index is 2.94. The number of anilines is 1. The molecule has 1 aromatic heterocycles. The van der Waals surface area contributed by atoms with Crippen LogP contribution in [0.4, 0.5) is 5.95 Å². The minimum atomic E-state index is 0.300. The van der Waals surface area contributed by atoms with Gasteiger partial charge in [0.1, 0.15) is 4.60 Å². The molecular formula is C9H8BrN3. The van der Waals surface area contributed by atoms with Crippen molar-refractivity contribution >= 4 is 32.8 Å². The predicted octanol–water partition coefficient (Wildman–Crippen LogP) is 2.28. The van der Waals surface area contributed by atoms with E-state index in [9.17, 15) is 0 Å². The van der Waals surface area contributed by atoms with Gasteiger partial charge >= 0.3 is 0 Å². The summed E-state index contributed by atoms with van der Waals surface area (Å²) in [7, 11) is 0. The quantitative estimate of drug-likeness (QED) is 0.716. The van der Waals surface area contributed by atoms with Gasteiger partial charge in [0.25, 0.3) is 0 Å². The highest BCUT2D eigenvalue weighted by Crippen LogP contribution is 2.23. The van der Waals surface area contributed by atoms with Crippen LogP contribution in [0.5, 0.6) is 0 Å². The lowest BCUT2D eigenvalue weighted by Gasteiger charge is -2.02. The zero-order valence-corrected chi connectivity index (χ0v) is 8.67. The van der Waals surface area contributed by atoms with Crippen LogP contribution in [0.1, 0.15) is 5.56 Å². The highest BCUT2D eigenvalue weighted by Gasteiger charge is 2.04. The van der Waals surface area contributed by atoms with E-state index < -0.39 is 0 Å². The average Bonchev–Trinajstić information content (AvgIpc) is 2.07. The lowest BCUT2D eigenvalue weighted by molar-refractivity contribution is 1.20. The normalized spacial score (nSPS) is 10.6. The third-order valence-corrected chi connectivity index (χ3v) is 2.50. The molecule has 66 valence electrons. The first-order chi connectivity index (χ1) is 6.18. The standard InChI is InChI=1S/C9H8BrN3/c1-5-3-2-4-6-7(5)12-9(11)13-8(6)10/h2-4H,1H3,(H2,11,12,13). The van der Waals surface area contributed by atoms with Gasteiger partial charge in [-0.25, -0.2) is 9.97 Å². The Morgan fingerprint density at radius 2 is 2.08 bits per heavy atom. The van der Waals surface area contributed by atoms with Crippen molar-refractivity contribution in [3.8, 4) is 0 Å². The topological polar surface area (TPSA) is 51.8 Å². The number of nitrogens with two attached hydrogens (primary N) is 1. The molecule has 4 heteroatoms. The van der Waals surface area contributed by atoms with Crippen LogP contribution in [-0.4, -0.2) is 9.97 Å². The SMILES string of the molecule is Cc1cccc2c(Br)nc(N)nc12. The van der Waals surface area contributed by atoms with Crippen LogP contribution in [0, 0.1) is 6.92 Å². The van der Waals surface area contributed by atoms with E-state index >= 15 is 0 Å². The lowest BCUT2D eigenvalue weighted by Crippen LogP contribution is -1.96. The maximum atomic E-state index is 5.54. The van der Waals surface area contributed by atoms with Gasteiger partial charge in [-0.2, -0.15) is 0 Å². The van der Waals surface area contributed by atoms with Gasteiger partial charge in [-0.1, -0.05) is 18.2 Å². The highest BCUT2D eigenvalue weighted by molar-refractivity contribution is 9.10. The fourth-order valence-corrected chi connectivity index (χ4v) is 1.78. The van der Waals surface area contributed by atoms with Crippen LogP contribution >= 0.6 is 15.9 Å². The first kappa shape index (κ1) is 8.44. The van der Waals surface area contributed by atoms with Crippen LogP contribution < -0.4 is 5.73 Å². The van der Waals surface area contributed by atoms with E-state index in [4.69, 9.17) is 5.73 Å². The molecule has 0 spiro atoms. The van der Waals surface area contributed by atoms with Crippen LogP contribution in [0.2, 0.25) is 0 Å². The van der Waals surface area contributed by atoms with Crippen LogP contribution in [-0.2, 0) is 0 Å². The van der Waals surface area contributed by atoms with Gasteiger partial charge in [0.2, 0.25) is 5.95 Å². The van der Waals surface area contributed by atoms with Gasteiger partial charge in [-0.05, 0) is 28.4 Å². The molecule has 2 aromatic rings. The molecule has 0 saturated carbocycles. The van der Waals surface area contributed by atoms with E-state index in [-0.39, 0.29) is 0 Å². The van der Waals surface area contributed by atoms with Gasteiger partial charge in [0, 0.05) is 5.39 Å². The molecule has 0 saturated heterocycles. The number of hydrogen-bond acceptors (Lipinski definition) is 3. The lowest BCUT2D eigenvalue weighted by atomic mass is 10.1. The van der Waals surface area contributed by atoms with Crippen molar-refractivity contribution in [1.82, 2.24) is 9.97 Å². The van der Waals surface area contributed by atoms with Gasteiger partial charge in [0.15, 0.2) is 0 Å². The third kappa shape index (κ3) is 1.37. The van der Waals surface area contributed by atoms with Gasteiger partial charge < -0.3 is 5.73 Å². The summed E-state index contributed by atoms with van der Waals surface area (Å²) in [5.41, 5.74) is 7.55. The molecule has 0 radical (unpaired) electrons. The zero-order chi connectivity index (χ0) is 9.42. The summed E-state index contributed by atoms with van der Waals surface area (Å²) < 4.78 is 0.749. The average molecular weight is 238 g/mol. The minimum absolute atomic E-state index is 0.300. The van der Waals surface area contributed by atoms with E-state index in [0.29, 0.717) is 5.95 Å². The summed E-state index contributed by atoms with van der Waals surface area (Å²) in [4.78, 5) is 8.20. The van der Waals surface area contributed by atoms with E-state index in [1.165, 1.54) is 0 Å². The molecule has 1 aromatic carbocycles. The summed E-state index contributed by atoms with van der Waals surface area (Å²) in [6.07, 6.45) is 0. The molecule has 0 bridgehead atoms. The molecule has 0 unspecified atom stereocenters. The summed E-state index contributed by atoms with van der Waals surface area (Å²) in [5.74, 6) is 0.300. The monoisotopic (exact) mass is 237 g/mol. The number of para-hydroxylation sites is 1. The van der Waals surface area contributed by atoms with E-state index in [0.717, 1.165) is 21.1 Å². The van der Waals surface area contributed by atoms with E-state index in [2.05, 4.69) is 25.9 Å². The van der Waals surface area contributed by atoms with Crippen LogP contribution in [0.15, 0.2) is 22.8 Å². The molecular weight excluding hydrogens is 230 g/mol. The number of nitrogens with zero attached hydrogens (tertiary/aromatic N) is 2. The number of aromatic nitrogens is 2. The first-order valence-electron chi connectivity index (χ1n) is 3.87. The number of hydrogen-bond donors (Lipinski definition) is 1. The second kappa shape index (κ2) is 2.96. The number of benzene rings is 1. The molecule has 0 fully saturated rings. The number of nitrogen functional groups attached to an aromatic ring is 1. The smallest absolute Gasteiger partial charge is 0.221 e. The predicted molar refractivity (Wildman–Crippen MR) is 56.4 cm³/mol. The summed E-state index contributed by atoms with van der Waals surface area (Å²) in [5, 5.41) is 0.995. The Bertz CT molecular complexity index is 468. The zero-order valence-electron chi connectivity index (χ0n) is 7.08. The van der Waals surface area contributed by atoms with E-state index in [1.54, 1.807) is 0 Å². The van der Waals surface area contributed by atoms with Gasteiger partial charge in [-0.15, -0.1) is 0 Å². The molecule has 0 atom stereocenters. The van der Waals surface area contributed by atoms with Crippen molar-refractivity contribution in [1.29, 1.82) is 0 Å². The van der Waals surface area contributed by atoms with Crippen molar-refractivity contribution in [3.05, 3.63) is 28.4 Å². The number of aryl methyl sites for hydroxylation is 1. The maximum Gasteiger partial charge on any atom is 0.221 e. The fourth-order valence-electron chi connectivity index (χ4n) is 1.27. The molecule has 1 heterocycles. The Hall–Kier alpha value is -1.16. The highest BCUT2D eigenvalue weighted by atomic mass is 79.9. The molecule has 0 amide bonds. The summed E-state index contributed by atoms with van der Waals surface area (Å²) >= 11 is 3.35. The number of halogens is 1. The van der Waals surface area contributed by atoms with Crippen molar-refractivity contribution in [2.24, 2.45) is 0 Å². The molecule has 2 N–H and O–H groups in total. The van der Waals surface area contributed by atoms with Crippen molar-refractivity contribution in [3.63, 3.8) is 0 Å². The fraction of sp³-hybridized carbons (Fsp3) is 0.111. The van der Waals surface area contributed by atoms with Crippen molar-refractivity contribution < 1.29 is 0 Å². The molecule has 0 aliphatic heterocycles. The van der Waals surface area contributed by atoms with Gasteiger partial charge in [-0.3, -0.25) is 0 Å². The minimum Gasteiger partial charge on any atom is -0.368 e. The van der Waals surface area contributed by atoms with Crippen molar-refractivity contribution in [2.45, 2.75) is 6.92 Å². The molecule has 13 heavy (non-hydrogen) atoms. The van der Waals surface area contributed by atoms with Crippen LogP contribution in [0.25, 0.3) is 10.9 Å². The van der Waals surface area contributed by atoms with E-state index in [1.807, 2.05) is 25.1 Å².